The summed E-state index contributed by atoms with van der Waals surface area (Å²) in [6, 6.07) is 8.27. The zero-order chi connectivity index (χ0) is 6.97. The van der Waals surface area contributed by atoms with Crippen molar-refractivity contribution < 1.29 is 32.7 Å². The van der Waals surface area contributed by atoms with Crippen molar-refractivity contribution in [3.63, 3.8) is 0 Å². The van der Waals surface area contributed by atoms with Gasteiger partial charge in [0, 0.05) is 32.7 Å². The third-order valence-electron chi connectivity index (χ3n) is 1.64. The van der Waals surface area contributed by atoms with E-state index in [4.69, 9.17) is 0 Å². The van der Waals surface area contributed by atoms with Crippen LogP contribution in [0.15, 0.2) is 24.3 Å². The number of hydrogen-bond donors (Lipinski definition) is 1. The Kier molecular flexibility index (Phi) is 2.86. The minimum atomic E-state index is 0. The smallest absolute Gasteiger partial charge is 0 e. The van der Waals surface area contributed by atoms with Crippen LogP contribution in [-0.4, -0.2) is 4.98 Å². The van der Waals surface area contributed by atoms with Crippen LogP contribution in [0.25, 0.3) is 10.9 Å². The number of nitrogens with one attached hydrogen (secondary N) is 1. The van der Waals surface area contributed by atoms with E-state index in [0.717, 1.165) is 0 Å². The van der Waals surface area contributed by atoms with E-state index in [-0.39, 0.29) is 32.7 Å². The fraction of sp³-hybridized carbons (Fsp3) is 0.111. The van der Waals surface area contributed by atoms with Gasteiger partial charge in [0.05, 0.1) is 0 Å². The molecule has 2 heteroatoms. The molecule has 0 aliphatic carbocycles. The van der Waals surface area contributed by atoms with E-state index in [1.165, 1.54) is 16.5 Å². The molecule has 0 unspecified atom stereocenters. The van der Waals surface area contributed by atoms with Crippen LogP contribution in [0.4, 0.5) is 0 Å². The number of benzene rings is 1. The van der Waals surface area contributed by atoms with E-state index in [1.54, 1.807) is 0 Å². The maximum Gasteiger partial charge on any atom is 0 e. The van der Waals surface area contributed by atoms with Gasteiger partial charge in [-0.25, -0.2) is 0 Å². The monoisotopic (exact) mass is 219 g/mol. The summed E-state index contributed by atoms with van der Waals surface area (Å²) in [4.78, 5) is 3.04. The molecule has 1 aromatic heterocycles. The number of aromatic amines is 1. The normalized spacial score (nSPS) is 9.55. The Morgan fingerprint density at radius 3 is 3.00 bits per heavy atom. The Bertz CT molecular complexity index is 351. The van der Waals surface area contributed by atoms with Crippen molar-refractivity contribution in [2.75, 3.05) is 0 Å². The van der Waals surface area contributed by atoms with Gasteiger partial charge in [-0.3, -0.25) is 0 Å². The molecule has 0 saturated heterocycles. The van der Waals surface area contributed by atoms with E-state index >= 15 is 0 Å². The summed E-state index contributed by atoms with van der Waals surface area (Å²) in [5.74, 6) is 0. The molecular formula is C9H8NY-. The van der Waals surface area contributed by atoms with Gasteiger partial charge < -0.3 is 4.98 Å². The van der Waals surface area contributed by atoms with E-state index in [2.05, 4.69) is 36.3 Å². The first-order valence-corrected chi connectivity index (χ1v) is 3.32. The molecule has 1 aromatic carbocycles. The Balaban J connectivity index is 0.000000605. The predicted octanol–water partition coefficient (Wildman–Crippen LogP) is 2.27. The van der Waals surface area contributed by atoms with Crippen molar-refractivity contribution in [2.24, 2.45) is 0 Å². The summed E-state index contributed by atoms with van der Waals surface area (Å²) in [7, 11) is 0. The van der Waals surface area contributed by atoms with Crippen molar-refractivity contribution in [1.29, 1.82) is 0 Å². The summed E-state index contributed by atoms with van der Waals surface area (Å²) in [5, 5.41) is 1.23. The predicted molar refractivity (Wildman–Crippen MR) is 41.9 cm³/mol. The third kappa shape index (κ3) is 1.71. The molecule has 1 N–H and O–H groups in total. The number of aromatic nitrogens is 1. The number of fused-ring (bicyclic) bond motifs is 1. The van der Waals surface area contributed by atoms with Crippen LogP contribution in [0.5, 0.6) is 0 Å². The molecular weight excluding hydrogens is 211 g/mol. The van der Waals surface area contributed by atoms with Gasteiger partial charge in [-0.2, -0.15) is 11.5 Å². The summed E-state index contributed by atoms with van der Waals surface area (Å²) < 4.78 is 0. The SMILES string of the molecule is Cc1ccc2c[c-][nH]c2c1.[Y]. The average Bonchev–Trinajstić information content (AvgIpc) is 2.33. The molecule has 0 saturated carbocycles. The molecule has 53 valence electrons. The summed E-state index contributed by atoms with van der Waals surface area (Å²) in [6.45, 7) is 2.08. The van der Waals surface area contributed by atoms with Crippen LogP contribution >= 0.6 is 0 Å². The summed E-state index contributed by atoms with van der Waals surface area (Å²) in [5.41, 5.74) is 2.45. The van der Waals surface area contributed by atoms with Crippen molar-refractivity contribution in [3.05, 3.63) is 36.0 Å². The Hall–Kier alpha value is -0.136. The molecule has 0 spiro atoms. The maximum absolute atomic E-state index is 3.04. The van der Waals surface area contributed by atoms with Gasteiger partial charge in [0.1, 0.15) is 0 Å². The van der Waals surface area contributed by atoms with Gasteiger partial charge in [-0.1, -0.05) is 11.6 Å². The van der Waals surface area contributed by atoms with Crippen molar-refractivity contribution in [2.45, 2.75) is 6.92 Å². The molecule has 0 bridgehead atoms. The van der Waals surface area contributed by atoms with Crippen LogP contribution in [0, 0.1) is 13.1 Å². The Morgan fingerprint density at radius 1 is 1.36 bits per heavy atom. The molecule has 1 heterocycles. The van der Waals surface area contributed by atoms with Crippen molar-refractivity contribution in [1.82, 2.24) is 4.98 Å². The first kappa shape index (κ1) is 8.96. The molecule has 0 fully saturated rings. The maximum atomic E-state index is 3.04. The summed E-state index contributed by atoms with van der Waals surface area (Å²) in [6.07, 6.45) is 2.94. The number of aryl methyl sites for hydroxylation is 1. The zero-order valence-corrected chi connectivity index (χ0v) is 9.23. The number of hydrogen-bond acceptors (Lipinski definition) is 0. The third-order valence-corrected chi connectivity index (χ3v) is 1.64. The van der Waals surface area contributed by atoms with Crippen molar-refractivity contribution >= 4 is 10.9 Å². The molecule has 0 atom stereocenters. The van der Waals surface area contributed by atoms with Gasteiger partial charge in [0.15, 0.2) is 0 Å². The molecule has 0 aliphatic rings. The zero-order valence-electron chi connectivity index (χ0n) is 6.39. The topological polar surface area (TPSA) is 15.8 Å². The summed E-state index contributed by atoms with van der Waals surface area (Å²) >= 11 is 0. The van der Waals surface area contributed by atoms with Crippen LogP contribution in [0.3, 0.4) is 0 Å². The molecule has 1 nitrogen and oxygen atoms in total. The number of H-pyrrole nitrogens is 1. The number of rotatable bonds is 0. The quantitative estimate of drug-likeness (QED) is 0.654. The fourth-order valence-electron chi connectivity index (χ4n) is 1.10. The minimum absolute atomic E-state index is 0. The largest absolute Gasteiger partial charge is 0.477 e. The molecule has 1 radical (unpaired) electrons. The van der Waals surface area contributed by atoms with Gasteiger partial charge in [-0.05, 0) is 6.92 Å². The first-order valence-electron chi connectivity index (χ1n) is 3.32. The minimum Gasteiger partial charge on any atom is -0.477 e. The second-order valence-electron chi connectivity index (χ2n) is 2.50. The molecule has 0 amide bonds. The van der Waals surface area contributed by atoms with Crippen molar-refractivity contribution in [3.8, 4) is 0 Å². The van der Waals surface area contributed by atoms with Crippen LogP contribution in [0.2, 0.25) is 0 Å². The van der Waals surface area contributed by atoms with Gasteiger partial charge in [0.25, 0.3) is 0 Å². The van der Waals surface area contributed by atoms with Gasteiger partial charge in [-0.15, -0.1) is 23.8 Å². The van der Waals surface area contributed by atoms with Crippen LogP contribution < -0.4 is 0 Å². The molecule has 2 aromatic rings. The average molecular weight is 219 g/mol. The van der Waals surface area contributed by atoms with E-state index in [1.807, 2.05) is 6.07 Å². The van der Waals surface area contributed by atoms with Crippen LogP contribution in [0.1, 0.15) is 5.56 Å². The van der Waals surface area contributed by atoms with Gasteiger partial charge in [0.2, 0.25) is 0 Å². The second-order valence-corrected chi connectivity index (χ2v) is 2.50. The molecule has 11 heavy (non-hydrogen) atoms. The molecule has 0 aliphatic heterocycles. The first-order chi connectivity index (χ1) is 4.86. The molecule has 2 rings (SSSR count). The Morgan fingerprint density at radius 2 is 2.18 bits per heavy atom. The van der Waals surface area contributed by atoms with E-state index < -0.39 is 0 Å². The standard InChI is InChI=1S/C9H8N.Y/c1-7-2-3-8-4-5-10-9(8)6-7;/h2-4,6,10H,1H3;/q-1;. The second kappa shape index (κ2) is 3.51. The van der Waals surface area contributed by atoms with Crippen LogP contribution in [-0.2, 0) is 32.7 Å². The van der Waals surface area contributed by atoms with Gasteiger partial charge >= 0.3 is 0 Å². The fourth-order valence-corrected chi connectivity index (χ4v) is 1.10. The van der Waals surface area contributed by atoms with E-state index in [0.29, 0.717) is 0 Å². The Labute approximate surface area is 91.1 Å². The van der Waals surface area contributed by atoms with E-state index in [9.17, 15) is 0 Å².